The van der Waals surface area contributed by atoms with Gasteiger partial charge in [0.05, 0.1) is 12.7 Å². The Hall–Kier alpha value is -1.36. The molecule has 0 saturated carbocycles. The van der Waals surface area contributed by atoms with Gasteiger partial charge in [0.2, 0.25) is 5.89 Å². The Balaban J connectivity index is 2.01. The van der Waals surface area contributed by atoms with Crippen molar-refractivity contribution in [3.8, 4) is 0 Å². The minimum atomic E-state index is -0.0146. The molecule has 0 spiro atoms. The Kier molecular flexibility index (Phi) is 3.71. The lowest BCUT2D eigenvalue weighted by Gasteiger charge is -2.13. The highest BCUT2D eigenvalue weighted by Gasteiger charge is 2.18. The van der Waals surface area contributed by atoms with Crippen LogP contribution in [-0.2, 0) is 12.0 Å². The molecule has 0 amide bonds. The lowest BCUT2D eigenvalue weighted by molar-refractivity contribution is 0.385. The van der Waals surface area contributed by atoms with Crippen molar-refractivity contribution in [2.24, 2.45) is 0 Å². The molecular weight excluding hydrogens is 294 g/mol. The van der Waals surface area contributed by atoms with Gasteiger partial charge in [0.15, 0.2) is 0 Å². The predicted molar refractivity (Wildman–Crippen MR) is 74.5 cm³/mol. The van der Waals surface area contributed by atoms with E-state index in [1.54, 1.807) is 12.4 Å². The van der Waals surface area contributed by atoms with Gasteiger partial charge < -0.3 is 9.73 Å². The Morgan fingerprint density at radius 2 is 2.11 bits per heavy atom. The number of rotatable bonds is 3. The number of anilines is 1. The zero-order valence-electron chi connectivity index (χ0n) is 10.7. The lowest BCUT2D eigenvalue weighted by Crippen LogP contribution is -2.09. The van der Waals surface area contributed by atoms with Crippen LogP contribution in [-0.4, -0.2) is 9.97 Å². The van der Waals surface area contributed by atoms with Crippen molar-refractivity contribution in [2.45, 2.75) is 32.7 Å². The zero-order valence-corrected chi connectivity index (χ0v) is 12.3. The summed E-state index contributed by atoms with van der Waals surface area (Å²) in [6.07, 6.45) is 3.52. The van der Waals surface area contributed by atoms with Crippen LogP contribution in [0.5, 0.6) is 0 Å². The van der Waals surface area contributed by atoms with Crippen LogP contribution in [0.2, 0.25) is 0 Å². The van der Waals surface area contributed by atoms with E-state index in [0.717, 1.165) is 16.1 Å². The number of aromatic nitrogens is 2. The number of pyridine rings is 1. The van der Waals surface area contributed by atoms with Gasteiger partial charge in [-0.25, -0.2) is 9.97 Å². The molecule has 2 rings (SSSR count). The van der Waals surface area contributed by atoms with Crippen molar-refractivity contribution in [2.75, 3.05) is 5.32 Å². The fourth-order valence-electron chi connectivity index (χ4n) is 1.41. The molecule has 0 unspecified atom stereocenters. The topological polar surface area (TPSA) is 51.0 Å². The van der Waals surface area contributed by atoms with Crippen LogP contribution in [0, 0.1) is 0 Å². The number of halogens is 1. The minimum Gasteiger partial charge on any atom is -0.443 e. The maximum atomic E-state index is 5.69. The van der Waals surface area contributed by atoms with Gasteiger partial charge in [0.1, 0.15) is 11.6 Å². The van der Waals surface area contributed by atoms with Crippen LogP contribution in [0.1, 0.15) is 32.4 Å². The van der Waals surface area contributed by atoms with E-state index in [-0.39, 0.29) is 5.41 Å². The van der Waals surface area contributed by atoms with Gasteiger partial charge in [0, 0.05) is 16.1 Å². The largest absolute Gasteiger partial charge is 0.443 e. The first-order valence-electron chi connectivity index (χ1n) is 5.76. The third-order valence-corrected chi connectivity index (χ3v) is 2.93. The molecule has 4 nitrogen and oxygen atoms in total. The lowest BCUT2D eigenvalue weighted by atomic mass is 9.94. The summed E-state index contributed by atoms with van der Waals surface area (Å²) in [5.74, 6) is 2.35. The quantitative estimate of drug-likeness (QED) is 0.938. The fourth-order valence-corrected chi connectivity index (χ4v) is 1.74. The molecule has 0 fully saturated rings. The van der Waals surface area contributed by atoms with Crippen molar-refractivity contribution in [1.29, 1.82) is 0 Å². The maximum absolute atomic E-state index is 5.69. The van der Waals surface area contributed by atoms with Crippen LogP contribution >= 0.6 is 15.9 Å². The molecule has 1 N–H and O–H groups in total. The van der Waals surface area contributed by atoms with Gasteiger partial charge >= 0.3 is 0 Å². The monoisotopic (exact) mass is 309 g/mol. The summed E-state index contributed by atoms with van der Waals surface area (Å²) in [5.41, 5.74) is -0.0146. The number of hydrogen-bond acceptors (Lipinski definition) is 4. The van der Waals surface area contributed by atoms with Crippen LogP contribution in [0.25, 0.3) is 0 Å². The molecular formula is C13H16BrN3O. The predicted octanol–water partition coefficient (Wildman–Crippen LogP) is 3.74. The smallest absolute Gasteiger partial charge is 0.213 e. The average Bonchev–Trinajstić information content (AvgIpc) is 2.74. The Morgan fingerprint density at radius 3 is 2.72 bits per heavy atom. The number of oxazole rings is 1. The molecule has 0 aliphatic heterocycles. The first kappa shape index (κ1) is 13.1. The number of nitrogens with one attached hydrogen (secondary N) is 1. The molecule has 18 heavy (non-hydrogen) atoms. The van der Waals surface area contributed by atoms with Crippen LogP contribution in [0.4, 0.5) is 5.82 Å². The second kappa shape index (κ2) is 5.10. The number of hydrogen-bond donors (Lipinski definition) is 1. The summed E-state index contributed by atoms with van der Waals surface area (Å²) in [7, 11) is 0. The molecule has 0 aliphatic carbocycles. The molecule has 0 aliphatic rings. The SMILES string of the molecule is CC(C)(C)c1cnc(CNc2cc(Br)ccn2)o1. The fraction of sp³-hybridized carbons (Fsp3) is 0.385. The molecule has 2 aromatic rings. The van der Waals surface area contributed by atoms with Gasteiger partial charge in [-0.15, -0.1) is 0 Å². The molecule has 2 heterocycles. The molecule has 5 heteroatoms. The van der Waals surface area contributed by atoms with Gasteiger partial charge in [0.25, 0.3) is 0 Å². The minimum absolute atomic E-state index is 0.0146. The second-order valence-electron chi connectivity index (χ2n) is 5.08. The summed E-state index contributed by atoms with van der Waals surface area (Å²) in [6, 6.07) is 3.79. The summed E-state index contributed by atoms with van der Waals surface area (Å²) in [5, 5.41) is 3.17. The van der Waals surface area contributed by atoms with Gasteiger partial charge in [-0.2, -0.15) is 0 Å². The average molecular weight is 310 g/mol. The van der Waals surface area contributed by atoms with E-state index in [1.165, 1.54) is 0 Å². The Morgan fingerprint density at radius 1 is 1.33 bits per heavy atom. The molecule has 0 radical (unpaired) electrons. The third kappa shape index (κ3) is 3.32. The molecule has 0 bridgehead atoms. The highest BCUT2D eigenvalue weighted by molar-refractivity contribution is 9.10. The highest BCUT2D eigenvalue weighted by Crippen LogP contribution is 2.23. The first-order valence-corrected chi connectivity index (χ1v) is 6.55. The summed E-state index contributed by atoms with van der Waals surface area (Å²) in [6.45, 7) is 6.82. The zero-order chi connectivity index (χ0) is 13.2. The van der Waals surface area contributed by atoms with E-state index in [2.05, 4.69) is 52.0 Å². The van der Waals surface area contributed by atoms with E-state index in [9.17, 15) is 0 Å². The van der Waals surface area contributed by atoms with Gasteiger partial charge in [-0.1, -0.05) is 36.7 Å². The molecule has 2 aromatic heterocycles. The second-order valence-corrected chi connectivity index (χ2v) is 6.00. The van der Waals surface area contributed by atoms with Crippen LogP contribution < -0.4 is 5.32 Å². The normalized spacial score (nSPS) is 11.6. The van der Waals surface area contributed by atoms with Gasteiger partial charge in [-0.3, -0.25) is 0 Å². The maximum Gasteiger partial charge on any atom is 0.213 e. The standard InChI is InChI=1S/C13H16BrN3O/c1-13(2,3)10-7-17-12(18-10)8-16-11-6-9(14)4-5-15-11/h4-7H,8H2,1-3H3,(H,15,16). The van der Waals surface area contributed by atoms with E-state index < -0.39 is 0 Å². The van der Waals surface area contributed by atoms with Crippen molar-refractivity contribution in [3.05, 3.63) is 40.7 Å². The Bertz CT molecular complexity index is 531. The first-order chi connectivity index (χ1) is 8.45. The number of nitrogens with zero attached hydrogens (tertiary/aromatic N) is 2. The molecule has 96 valence electrons. The van der Waals surface area contributed by atoms with E-state index in [1.807, 2.05) is 12.1 Å². The molecule has 0 aromatic carbocycles. The van der Waals surface area contributed by atoms with E-state index >= 15 is 0 Å². The van der Waals surface area contributed by atoms with E-state index in [0.29, 0.717) is 12.4 Å². The Labute approximate surface area is 115 Å². The van der Waals surface area contributed by atoms with Crippen molar-refractivity contribution in [1.82, 2.24) is 9.97 Å². The van der Waals surface area contributed by atoms with Crippen LogP contribution in [0.3, 0.4) is 0 Å². The summed E-state index contributed by atoms with van der Waals surface area (Å²) < 4.78 is 6.68. The summed E-state index contributed by atoms with van der Waals surface area (Å²) in [4.78, 5) is 8.45. The van der Waals surface area contributed by atoms with Crippen molar-refractivity contribution >= 4 is 21.7 Å². The van der Waals surface area contributed by atoms with Crippen LogP contribution in [0.15, 0.2) is 33.4 Å². The van der Waals surface area contributed by atoms with Gasteiger partial charge in [-0.05, 0) is 12.1 Å². The van der Waals surface area contributed by atoms with Crippen molar-refractivity contribution in [3.63, 3.8) is 0 Å². The third-order valence-electron chi connectivity index (χ3n) is 2.44. The molecule has 0 saturated heterocycles. The molecule has 0 atom stereocenters. The van der Waals surface area contributed by atoms with E-state index in [4.69, 9.17) is 4.42 Å². The summed E-state index contributed by atoms with van der Waals surface area (Å²) >= 11 is 3.40. The van der Waals surface area contributed by atoms with Crippen molar-refractivity contribution < 1.29 is 4.42 Å². The highest BCUT2D eigenvalue weighted by atomic mass is 79.9.